The fourth-order valence-electron chi connectivity index (χ4n) is 6.73. The summed E-state index contributed by atoms with van der Waals surface area (Å²) in [6.45, 7) is 0. The molecule has 0 radical (unpaired) electrons. The highest BCUT2D eigenvalue weighted by molar-refractivity contribution is 7.91. The van der Waals surface area contributed by atoms with Gasteiger partial charge in [-0.05, 0) is 120 Å². The van der Waals surface area contributed by atoms with Crippen LogP contribution in [0.25, 0.3) is 12.2 Å². The molecule has 0 bridgehead atoms. The van der Waals surface area contributed by atoms with Gasteiger partial charge >= 0.3 is 6.03 Å². The van der Waals surface area contributed by atoms with Crippen LogP contribution in [0.3, 0.4) is 0 Å². The minimum absolute atomic E-state index is 0.0117. The lowest BCUT2D eigenvalue weighted by atomic mass is 9.94. The number of nitrogens with zero attached hydrogens (tertiary/aromatic N) is 4. The molecule has 0 unspecified atom stereocenters. The molecule has 2 amide bonds. The second kappa shape index (κ2) is 19.1. The standard InChI is InChI=1S/C45H32N10O13S2/c56-31-9-13-35(37(58)21-31)52-48-27-3-1-5-29(19-27)50-54-41-39(69(63,64)65)17-23-15-25(7-11-33(23)43(41)60)46-45(62)47-26-8-12-34-24(16-26)18-40(70(66,67)68)42(44(34)61)55-51-30-6-2-4-28(20-30)49-53-36-14-10-32(57)22-38(36)59/h1-22,48-51,58-59H,(H2,46,47,62)(H,63,64,65)(H,66,67,68). The minimum Gasteiger partial charge on any atom is -0.505 e. The molecule has 0 atom stereocenters. The van der Waals surface area contributed by atoms with Crippen LogP contribution in [0.5, 0.6) is 0 Å². The van der Waals surface area contributed by atoms with Gasteiger partial charge in [0.1, 0.15) is 32.8 Å². The number of ketones is 4. The van der Waals surface area contributed by atoms with Crippen LogP contribution in [0.1, 0.15) is 31.8 Å². The molecule has 0 fully saturated rings. The first-order valence-corrected chi connectivity index (χ1v) is 22.8. The lowest BCUT2D eigenvalue weighted by Crippen LogP contribution is -2.27. The summed E-state index contributed by atoms with van der Waals surface area (Å²) in [5, 5.41) is 41.0. The van der Waals surface area contributed by atoms with Gasteiger partial charge in [0, 0.05) is 34.7 Å². The summed E-state index contributed by atoms with van der Waals surface area (Å²) in [6, 6.07) is 19.2. The number of aliphatic hydroxyl groups excluding tert-OH is 2. The predicted molar refractivity (Wildman–Crippen MR) is 260 cm³/mol. The predicted octanol–water partition coefficient (Wildman–Crippen LogP) is 5.81. The van der Waals surface area contributed by atoms with E-state index in [1.165, 1.54) is 85.0 Å². The van der Waals surface area contributed by atoms with E-state index in [0.29, 0.717) is 11.4 Å². The van der Waals surface area contributed by atoms with Gasteiger partial charge in [-0.25, -0.2) is 4.79 Å². The first-order valence-electron chi connectivity index (χ1n) is 19.9. The van der Waals surface area contributed by atoms with E-state index in [-0.39, 0.29) is 67.9 Å². The number of hydrogen-bond acceptors (Lipinski definition) is 19. The molecule has 4 aliphatic rings. The molecule has 0 spiro atoms. The number of benzene rings is 4. The van der Waals surface area contributed by atoms with Crippen LogP contribution < -0.4 is 32.3 Å². The van der Waals surface area contributed by atoms with Crippen molar-refractivity contribution in [1.29, 1.82) is 0 Å². The number of carbonyl (C=O) groups is 5. The molecular weight excluding hydrogens is 953 g/mol. The molecule has 0 saturated heterocycles. The molecular formula is C45H32N10O13S2. The minimum atomic E-state index is -5.06. The number of allylic oxidation sites excluding steroid dienone is 8. The second-order valence-corrected chi connectivity index (χ2v) is 17.6. The number of hydrazone groups is 4. The fourth-order valence-corrected chi connectivity index (χ4v) is 8.05. The second-order valence-electron chi connectivity index (χ2n) is 14.9. The summed E-state index contributed by atoms with van der Waals surface area (Å²) < 4.78 is 70.3. The molecule has 25 heteroatoms. The Morgan fingerprint density at radius 1 is 0.457 bits per heavy atom. The van der Waals surface area contributed by atoms with Crippen molar-refractivity contribution in [2.45, 2.75) is 0 Å². The van der Waals surface area contributed by atoms with E-state index in [1.807, 2.05) is 0 Å². The Hall–Kier alpha value is -9.43. The summed E-state index contributed by atoms with van der Waals surface area (Å²) in [7, 11) is -10.1. The summed E-state index contributed by atoms with van der Waals surface area (Å²) >= 11 is 0. The number of aliphatic hydroxyl groups is 2. The maximum absolute atomic E-state index is 13.6. The Balaban J connectivity index is 0.950. The number of Topliss-reactive ketones (excluding diaryl/α,β-unsaturated/α-hetero) is 2. The van der Waals surface area contributed by atoms with E-state index in [9.17, 15) is 60.1 Å². The van der Waals surface area contributed by atoms with E-state index < -0.39 is 70.6 Å². The van der Waals surface area contributed by atoms with Crippen LogP contribution >= 0.6 is 0 Å². The highest BCUT2D eigenvalue weighted by Gasteiger charge is 2.34. The van der Waals surface area contributed by atoms with Crippen molar-refractivity contribution in [2.75, 3.05) is 32.3 Å². The number of anilines is 6. The molecule has 4 aromatic rings. The van der Waals surface area contributed by atoms with Gasteiger partial charge in [0.05, 0.1) is 22.7 Å². The Kier molecular flexibility index (Phi) is 12.8. The van der Waals surface area contributed by atoms with E-state index in [1.54, 1.807) is 24.3 Å². The molecule has 0 heterocycles. The van der Waals surface area contributed by atoms with Crippen molar-refractivity contribution >= 4 is 119 Å². The quantitative estimate of drug-likeness (QED) is 0.0454. The molecule has 8 rings (SSSR count). The van der Waals surface area contributed by atoms with Gasteiger partial charge in [-0.1, -0.05) is 12.1 Å². The van der Waals surface area contributed by atoms with Crippen LogP contribution in [0.4, 0.5) is 38.9 Å². The van der Waals surface area contributed by atoms with E-state index in [0.717, 1.165) is 24.3 Å². The fraction of sp³-hybridized carbons (Fsp3) is 0. The zero-order valence-electron chi connectivity index (χ0n) is 35.3. The maximum Gasteiger partial charge on any atom is 0.323 e. The maximum atomic E-state index is 13.6. The van der Waals surface area contributed by atoms with Crippen molar-refractivity contribution in [3.8, 4) is 0 Å². The van der Waals surface area contributed by atoms with Gasteiger partial charge in [0.25, 0.3) is 20.2 Å². The Labute approximate surface area is 395 Å². The molecule has 23 nitrogen and oxygen atoms in total. The topological polar surface area (TPSA) is 356 Å². The SMILES string of the molecule is O=C1C=CC(=NNc2cccc(NN=C3C(=O)c4ccc(NC(=O)Nc5ccc6c(c5)C=C(S(=O)(=O)O)C(=NNc5cccc(NN=C7C=CC(=O)C=C7O)c5)C6=O)cc4C=C3S(=O)(=O)O)c2)C(O)=C1. The zero-order valence-corrected chi connectivity index (χ0v) is 36.9. The number of urea groups is 1. The van der Waals surface area contributed by atoms with Gasteiger partial charge in [-0.15, -0.1) is 0 Å². The molecule has 4 aromatic carbocycles. The number of rotatable bonds is 12. The Morgan fingerprint density at radius 3 is 1.19 bits per heavy atom. The van der Waals surface area contributed by atoms with Crippen LogP contribution in [0.15, 0.2) is 163 Å². The van der Waals surface area contributed by atoms with Gasteiger partial charge < -0.3 is 20.8 Å². The van der Waals surface area contributed by atoms with Crippen molar-refractivity contribution in [3.63, 3.8) is 0 Å². The lowest BCUT2D eigenvalue weighted by molar-refractivity contribution is -0.111. The lowest BCUT2D eigenvalue weighted by Gasteiger charge is -2.18. The van der Waals surface area contributed by atoms with E-state index >= 15 is 0 Å². The normalized spacial score (nSPS) is 17.9. The number of hydrogen-bond donors (Lipinski definition) is 10. The van der Waals surface area contributed by atoms with Gasteiger partial charge in [-0.2, -0.15) is 37.2 Å². The molecule has 70 heavy (non-hydrogen) atoms. The van der Waals surface area contributed by atoms with Gasteiger partial charge in [-0.3, -0.25) is 50.0 Å². The molecule has 10 N–H and O–H groups in total. The molecule has 4 aliphatic carbocycles. The molecule has 0 aliphatic heterocycles. The molecule has 0 saturated carbocycles. The zero-order chi connectivity index (χ0) is 49.9. The summed E-state index contributed by atoms with van der Waals surface area (Å²) in [5.74, 6) is -3.33. The van der Waals surface area contributed by atoms with Gasteiger partial charge in [0.2, 0.25) is 11.6 Å². The van der Waals surface area contributed by atoms with E-state index in [2.05, 4.69) is 52.7 Å². The average Bonchev–Trinajstić information content (AvgIpc) is 3.30. The third kappa shape index (κ3) is 10.7. The smallest absolute Gasteiger partial charge is 0.323 e. The van der Waals surface area contributed by atoms with Gasteiger partial charge in [0.15, 0.2) is 23.0 Å². The largest absolute Gasteiger partial charge is 0.505 e. The van der Waals surface area contributed by atoms with Crippen molar-refractivity contribution < 1.29 is 60.1 Å². The van der Waals surface area contributed by atoms with Crippen molar-refractivity contribution in [2.24, 2.45) is 20.4 Å². The summed E-state index contributed by atoms with van der Waals surface area (Å²) in [5.41, 5.74) is 10.6. The number of carbonyl (C=O) groups excluding carboxylic acids is 5. The first kappa shape index (κ1) is 47.1. The number of fused-ring (bicyclic) bond motifs is 2. The summed E-state index contributed by atoms with van der Waals surface area (Å²) in [4.78, 5) is 61.6. The third-order valence-corrected chi connectivity index (χ3v) is 11.7. The van der Waals surface area contributed by atoms with Crippen molar-refractivity contribution in [1.82, 2.24) is 0 Å². The van der Waals surface area contributed by atoms with Crippen LogP contribution in [-0.4, -0.2) is 88.2 Å². The Morgan fingerprint density at radius 2 is 0.829 bits per heavy atom. The first-order chi connectivity index (χ1) is 33.3. The van der Waals surface area contributed by atoms with Crippen LogP contribution in [0, 0.1) is 0 Å². The highest BCUT2D eigenvalue weighted by atomic mass is 32.2. The number of nitrogens with one attached hydrogen (secondary N) is 6. The van der Waals surface area contributed by atoms with Crippen LogP contribution in [0.2, 0.25) is 0 Å². The average molecular weight is 985 g/mol. The molecule has 0 aromatic heterocycles. The third-order valence-electron chi connectivity index (χ3n) is 9.96. The number of amides is 2. The van der Waals surface area contributed by atoms with E-state index in [4.69, 9.17) is 0 Å². The Bertz CT molecular complexity index is 3340. The highest BCUT2D eigenvalue weighted by Crippen LogP contribution is 2.31. The monoisotopic (exact) mass is 984 g/mol. The molecule has 352 valence electrons. The van der Waals surface area contributed by atoms with Crippen LogP contribution in [-0.2, 0) is 29.8 Å². The van der Waals surface area contributed by atoms with Crippen molar-refractivity contribution in [3.05, 3.63) is 165 Å². The summed E-state index contributed by atoms with van der Waals surface area (Å²) in [6.07, 6.45) is 8.98.